The average molecular weight is 381 g/mol. The number of rotatable bonds is 4. The van der Waals surface area contributed by atoms with Gasteiger partial charge in [0, 0.05) is 50.0 Å². The fourth-order valence-corrected chi connectivity index (χ4v) is 3.04. The molecule has 0 radical (unpaired) electrons. The number of hydrogen-bond donors (Lipinski definition) is 1. The van der Waals surface area contributed by atoms with E-state index in [2.05, 4.69) is 15.3 Å². The molecule has 0 aliphatic carbocycles. The lowest BCUT2D eigenvalue weighted by atomic mass is 10.1. The Morgan fingerprint density at radius 2 is 1.71 bits per heavy atom. The maximum Gasteiger partial charge on any atom is 0.274 e. The molecule has 8 nitrogen and oxygen atoms in total. The Kier molecular flexibility index (Phi) is 5.67. The molecule has 1 aromatic heterocycles. The van der Waals surface area contributed by atoms with Crippen LogP contribution in [0.3, 0.4) is 0 Å². The molecule has 0 atom stereocenters. The molecule has 1 aliphatic rings. The molecule has 28 heavy (non-hydrogen) atoms. The molecule has 1 saturated heterocycles. The molecule has 0 bridgehead atoms. The summed E-state index contributed by atoms with van der Waals surface area (Å²) in [6.07, 6.45) is 0. The Balaban J connectivity index is 1.76. The molecule has 3 rings (SSSR count). The fourth-order valence-electron chi connectivity index (χ4n) is 3.04. The SMILES string of the molecule is CC(=O)c1cccc(NC(=O)c2cc(C)nc(N3CCN(C(C)=O)CC3)n2)c1. The molecule has 0 saturated carbocycles. The molecule has 2 heterocycles. The van der Waals surface area contributed by atoms with Gasteiger partial charge in [-0.25, -0.2) is 9.97 Å². The van der Waals surface area contributed by atoms with Crippen molar-refractivity contribution >= 4 is 29.2 Å². The summed E-state index contributed by atoms with van der Waals surface area (Å²) in [5, 5.41) is 2.78. The van der Waals surface area contributed by atoms with Gasteiger partial charge in [-0.15, -0.1) is 0 Å². The zero-order chi connectivity index (χ0) is 20.3. The molecule has 0 unspecified atom stereocenters. The van der Waals surface area contributed by atoms with Crippen molar-refractivity contribution in [3.8, 4) is 0 Å². The average Bonchev–Trinajstić information content (AvgIpc) is 2.67. The first-order chi connectivity index (χ1) is 13.3. The van der Waals surface area contributed by atoms with Crippen LogP contribution in [0, 0.1) is 6.92 Å². The molecule has 2 aromatic rings. The van der Waals surface area contributed by atoms with E-state index >= 15 is 0 Å². The van der Waals surface area contributed by atoms with Crippen LogP contribution in [0.4, 0.5) is 11.6 Å². The number of nitrogens with one attached hydrogen (secondary N) is 1. The topological polar surface area (TPSA) is 95.5 Å². The summed E-state index contributed by atoms with van der Waals surface area (Å²) < 4.78 is 0. The maximum absolute atomic E-state index is 12.7. The van der Waals surface area contributed by atoms with Crippen molar-refractivity contribution in [2.75, 3.05) is 36.4 Å². The van der Waals surface area contributed by atoms with Crippen molar-refractivity contribution in [1.29, 1.82) is 0 Å². The zero-order valence-corrected chi connectivity index (χ0v) is 16.2. The summed E-state index contributed by atoms with van der Waals surface area (Å²) in [4.78, 5) is 48.3. The summed E-state index contributed by atoms with van der Waals surface area (Å²) in [6, 6.07) is 8.40. The maximum atomic E-state index is 12.7. The summed E-state index contributed by atoms with van der Waals surface area (Å²) in [7, 11) is 0. The second-order valence-electron chi connectivity index (χ2n) is 6.78. The minimum absolute atomic E-state index is 0.0534. The highest BCUT2D eigenvalue weighted by molar-refractivity contribution is 6.04. The van der Waals surface area contributed by atoms with Gasteiger partial charge in [-0.2, -0.15) is 0 Å². The van der Waals surface area contributed by atoms with Crippen LogP contribution in [0.5, 0.6) is 0 Å². The molecule has 0 spiro atoms. The van der Waals surface area contributed by atoms with Crippen molar-refractivity contribution in [3.05, 3.63) is 47.3 Å². The largest absolute Gasteiger partial charge is 0.339 e. The first-order valence-electron chi connectivity index (χ1n) is 9.12. The van der Waals surface area contributed by atoms with Crippen molar-refractivity contribution in [1.82, 2.24) is 14.9 Å². The second-order valence-corrected chi connectivity index (χ2v) is 6.78. The Morgan fingerprint density at radius 3 is 2.36 bits per heavy atom. The van der Waals surface area contributed by atoms with E-state index in [0.717, 1.165) is 0 Å². The van der Waals surface area contributed by atoms with Gasteiger partial charge in [0.15, 0.2) is 5.78 Å². The van der Waals surface area contributed by atoms with Crippen LogP contribution in [-0.2, 0) is 4.79 Å². The van der Waals surface area contributed by atoms with Crippen LogP contribution in [-0.4, -0.2) is 58.6 Å². The third-order valence-electron chi connectivity index (χ3n) is 4.61. The normalized spacial score (nSPS) is 14.0. The Hall–Kier alpha value is -3.29. The van der Waals surface area contributed by atoms with Crippen LogP contribution >= 0.6 is 0 Å². The third kappa shape index (κ3) is 4.51. The van der Waals surface area contributed by atoms with Crippen LogP contribution in [0.15, 0.2) is 30.3 Å². The van der Waals surface area contributed by atoms with Gasteiger partial charge in [0.25, 0.3) is 5.91 Å². The lowest BCUT2D eigenvalue weighted by Gasteiger charge is -2.34. The Labute approximate surface area is 163 Å². The van der Waals surface area contributed by atoms with E-state index in [-0.39, 0.29) is 23.3 Å². The molecule has 1 fully saturated rings. The van der Waals surface area contributed by atoms with Crippen molar-refractivity contribution in [2.24, 2.45) is 0 Å². The minimum atomic E-state index is -0.366. The predicted octanol–water partition coefficient (Wildman–Crippen LogP) is 1.91. The number of hydrogen-bond acceptors (Lipinski definition) is 6. The Bertz CT molecular complexity index is 920. The summed E-state index contributed by atoms with van der Waals surface area (Å²) >= 11 is 0. The van der Waals surface area contributed by atoms with Crippen LogP contribution in [0.2, 0.25) is 0 Å². The number of piperazine rings is 1. The van der Waals surface area contributed by atoms with Gasteiger partial charge >= 0.3 is 0 Å². The van der Waals surface area contributed by atoms with Gasteiger partial charge in [0.05, 0.1) is 0 Å². The van der Waals surface area contributed by atoms with Gasteiger partial charge in [0.1, 0.15) is 5.69 Å². The number of amides is 2. The van der Waals surface area contributed by atoms with Gasteiger partial charge in [-0.05, 0) is 32.0 Å². The molecular formula is C20H23N5O3. The number of anilines is 2. The molecular weight excluding hydrogens is 358 g/mol. The highest BCUT2D eigenvalue weighted by Gasteiger charge is 2.22. The minimum Gasteiger partial charge on any atom is -0.339 e. The molecule has 1 aromatic carbocycles. The smallest absolute Gasteiger partial charge is 0.274 e. The van der Waals surface area contributed by atoms with Gasteiger partial charge in [0.2, 0.25) is 11.9 Å². The molecule has 1 aliphatic heterocycles. The summed E-state index contributed by atoms with van der Waals surface area (Å²) in [5.74, 6) is 0.0966. The van der Waals surface area contributed by atoms with Crippen molar-refractivity contribution in [3.63, 3.8) is 0 Å². The molecule has 1 N–H and O–H groups in total. The standard InChI is InChI=1S/C20H23N5O3/c1-13-11-18(19(28)22-17-6-4-5-16(12-17)14(2)26)23-20(21-13)25-9-7-24(8-10-25)15(3)27/h4-6,11-12H,7-10H2,1-3H3,(H,22,28). The van der Waals surface area contributed by atoms with Gasteiger partial charge in [-0.3, -0.25) is 14.4 Å². The van der Waals surface area contributed by atoms with Crippen LogP contribution in [0.25, 0.3) is 0 Å². The molecule has 2 amide bonds. The van der Waals surface area contributed by atoms with E-state index in [4.69, 9.17) is 0 Å². The quantitative estimate of drug-likeness (QED) is 0.813. The first kappa shape index (κ1) is 19.5. The number of carbonyl (C=O) groups excluding carboxylic acids is 3. The fraction of sp³-hybridized carbons (Fsp3) is 0.350. The summed E-state index contributed by atoms with van der Waals surface area (Å²) in [5.41, 5.74) is 2.00. The predicted molar refractivity (Wildman–Crippen MR) is 106 cm³/mol. The molecule has 8 heteroatoms. The number of aryl methyl sites for hydroxylation is 1. The highest BCUT2D eigenvalue weighted by atomic mass is 16.2. The van der Waals surface area contributed by atoms with E-state index in [1.807, 2.05) is 11.8 Å². The van der Waals surface area contributed by atoms with E-state index < -0.39 is 0 Å². The molecule has 146 valence electrons. The second kappa shape index (κ2) is 8.16. The lowest BCUT2D eigenvalue weighted by Crippen LogP contribution is -2.48. The number of nitrogens with zero attached hydrogens (tertiary/aromatic N) is 4. The number of aromatic nitrogens is 2. The van der Waals surface area contributed by atoms with Crippen LogP contribution < -0.4 is 10.2 Å². The van der Waals surface area contributed by atoms with Crippen molar-refractivity contribution < 1.29 is 14.4 Å². The third-order valence-corrected chi connectivity index (χ3v) is 4.61. The van der Waals surface area contributed by atoms with Crippen molar-refractivity contribution in [2.45, 2.75) is 20.8 Å². The zero-order valence-electron chi connectivity index (χ0n) is 16.2. The number of carbonyl (C=O) groups is 3. The van der Waals surface area contributed by atoms with Crippen LogP contribution in [0.1, 0.15) is 40.4 Å². The van der Waals surface area contributed by atoms with E-state index in [1.54, 1.807) is 42.2 Å². The lowest BCUT2D eigenvalue weighted by molar-refractivity contribution is -0.129. The van der Waals surface area contributed by atoms with E-state index in [9.17, 15) is 14.4 Å². The monoisotopic (exact) mass is 381 g/mol. The highest BCUT2D eigenvalue weighted by Crippen LogP contribution is 2.16. The van der Waals surface area contributed by atoms with E-state index in [0.29, 0.717) is 49.1 Å². The Morgan fingerprint density at radius 1 is 1.00 bits per heavy atom. The van der Waals surface area contributed by atoms with Gasteiger partial charge < -0.3 is 15.1 Å². The van der Waals surface area contributed by atoms with E-state index in [1.165, 1.54) is 6.92 Å². The number of ketones is 1. The number of benzene rings is 1. The summed E-state index contributed by atoms with van der Waals surface area (Å²) in [6.45, 7) is 7.28. The number of Topliss-reactive ketones (excluding diaryl/α,β-unsaturated/α-hetero) is 1. The van der Waals surface area contributed by atoms with Gasteiger partial charge in [-0.1, -0.05) is 12.1 Å². The first-order valence-corrected chi connectivity index (χ1v) is 9.12.